The molecule has 1 aliphatic carbocycles. The fourth-order valence-corrected chi connectivity index (χ4v) is 2.91. The van der Waals surface area contributed by atoms with Gasteiger partial charge in [-0.05, 0) is 31.9 Å². The Bertz CT molecular complexity index is 731. The minimum absolute atomic E-state index is 0.104. The van der Waals surface area contributed by atoms with Gasteiger partial charge in [0.25, 0.3) is 5.69 Å². The molecule has 0 radical (unpaired) electrons. The number of benzene rings is 1. The zero-order chi connectivity index (χ0) is 17.4. The summed E-state index contributed by atoms with van der Waals surface area (Å²) in [5, 5.41) is 30.2. The van der Waals surface area contributed by atoms with Gasteiger partial charge < -0.3 is 10.2 Å². The van der Waals surface area contributed by atoms with Gasteiger partial charge in [0.2, 0.25) is 0 Å². The number of allylic oxidation sites excluding steroid dienone is 1. The van der Waals surface area contributed by atoms with Crippen LogP contribution in [0.25, 0.3) is 0 Å². The molecule has 2 unspecified atom stereocenters. The quantitative estimate of drug-likeness (QED) is 0.499. The van der Waals surface area contributed by atoms with E-state index in [9.17, 15) is 34.3 Å². The van der Waals surface area contributed by atoms with Crippen molar-refractivity contribution in [3.8, 4) is 0 Å². The van der Waals surface area contributed by atoms with Crippen LogP contribution in [0.1, 0.15) is 25.3 Å². The Balaban J connectivity index is 2.72. The lowest BCUT2D eigenvalue weighted by molar-refractivity contribution is -0.386. The van der Waals surface area contributed by atoms with Crippen molar-refractivity contribution in [1.82, 2.24) is 0 Å². The zero-order valence-corrected chi connectivity index (χ0v) is 12.2. The first-order chi connectivity index (χ1) is 10.6. The van der Waals surface area contributed by atoms with Crippen molar-refractivity contribution in [2.45, 2.75) is 25.2 Å². The fourth-order valence-electron chi connectivity index (χ4n) is 2.91. The van der Waals surface area contributed by atoms with E-state index in [2.05, 4.69) is 0 Å². The Morgan fingerprint density at radius 2 is 1.96 bits per heavy atom. The lowest BCUT2D eigenvalue weighted by Gasteiger charge is -2.37. The molecule has 0 saturated carbocycles. The highest BCUT2D eigenvalue weighted by Gasteiger charge is 2.51. The molecule has 8 heteroatoms. The predicted octanol–water partition coefficient (Wildman–Crippen LogP) is 2.50. The van der Waals surface area contributed by atoms with Gasteiger partial charge in [-0.25, -0.2) is 4.39 Å². The van der Waals surface area contributed by atoms with Gasteiger partial charge in [0.1, 0.15) is 11.2 Å². The Kier molecular flexibility index (Phi) is 3.94. The third kappa shape index (κ3) is 2.67. The maximum atomic E-state index is 13.3. The van der Waals surface area contributed by atoms with Crippen molar-refractivity contribution in [3.63, 3.8) is 0 Å². The highest BCUT2D eigenvalue weighted by atomic mass is 19.1. The summed E-state index contributed by atoms with van der Waals surface area (Å²) in [6.07, 6.45) is 2.37. The second kappa shape index (κ2) is 5.45. The number of nitrogens with zero attached hydrogens (tertiary/aromatic N) is 1. The number of nitro groups is 1. The van der Waals surface area contributed by atoms with E-state index in [0.29, 0.717) is 6.07 Å². The third-order valence-electron chi connectivity index (χ3n) is 4.17. The molecule has 1 aromatic rings. The Morgan fingerprint density at radius 3 is 2.48 bits per heavy atom. The summed E-state index contributed by atoms with van der Waals surface area (Å²) >= 11 is 0. The number of aliphatic carboxylic acids is 2. The molecule has 2 atom stereocenters. The second-order valence-electron chi connectivity index (χ2n) is 5.84. The normalized spacial score (nSPS) is 26.7. The minimum atomic E-state index is -1.90. The van der Waals surface area contributed by atoms with Gasteiger partial charge in [-0.3, -0.25) is 19.7 Å². The third-order valence-corrected chi connectivity index (χ3v) is 4.17. The summed E-state index contributed by atoms with van der Waals surface area (Å²) in [6.45, 7) is 1.38. The SMILES string of the molecule is CC1(C(=O)O)CC=CC(C(=O)O)(c2ccc(F)cc2[N+](=O)[O-])C1. The monoisotopic (exact) mass is 323 g/mol. The van der Waals surface area contributed by atoms with Gasteiger partial charge in [0.15, 0.2) is 0 Å². The summed E-state index contributed by atoms with van der Waals surface area (Å²) in [5.41, 5.74) is -4.22. The van der Waals surface area contributed by atoms with Crippen LogP contribution in [-0.4, -0.2) is 27.1 Å². The molecule has 0 aliphatic heterocycles. The van der Waals surface area contributed by atoms with Gasteiger partial charge in [-0.1, -0.05) is 12.2 Å². The highest BCUT2D eigenvalue weighted by molar-refractivity contribution is 5.88. The number of carboxylic acids is 2. The summed E-state index contributed by atoms with van der Waals surface area (Å²) in [4.78, 5) is 33.7. The molecule has 7 nitrogen and oxygen atoms in total. The van der Waals surface area contributed by atoms with Crippen LogP contribution in [0.4, 0.5) is 10.1 Å². The average molecular weight is 323 g/mol. The summed E-state index contributed by atoms with van der Waals surface area (Å²) in [7, 11) is 0. The summed E-state index contributed by atoms with van der Waals surface area (Å²) in [6, 6.07) is 2.59. The van der Waals surface area contributed by atoms with Gasteiger partial charge in [0, 0.05) is 0 Å². The fraction of sp³-hybridized carbons (Fsp3) is 0.333. The molecular weight excluding hydrogens is 309 g/mol. The van der Waals surface area contributed by atoms with Crippen LogP contribution in [0, 0.1) is 21.3 Å². The molecule has 1 aliphatic rings. The summed E-state index contributed by atoms with van der Waals surface area (Å²) < 4.78 is 13.3. The van der Waals surface area contributed by atoms with E-state index in [1.54, 1.807) is 0 Å². The standard InChI is InChI=1S/C15H14FNO6/c1-14(12(18)19)5-2-6-15(8-14,13(20)21)10-4-3-9(16)7-11(10)17(22)23/h2-4,6-7H,5,8H2,1H3,(H,18,19)(H,20,21). The molecule has 0 aromatic heterocycles. The van der Waals surface area contributed by atoms with Gasteiger partial charge in [-0.15, -0.1) is 0 Å². The number of halogens is 1. The van der Waals surface area contributed by atoms with Crippen molar-refractivity contribution >= 4 is 17.6 Å². The number of nitro benzene ring substituents is 1. The van der Waals surface area contributed by atoms with Crippen LogP contribution >= 0.6 is 0 Å². The lowest BCUT2D eigenvalue weighted by Crippen LogP contribution is -2.44. The van der Waals surface area contributed by atoms with E-state index in [-0.39, 0.29) is 18.4 Å². The van der Waals surface area contributed by atoms with Crippen LogP contribution in [0.5, 0.6) is 0 Å². The first-order valence-corrected chi connectivity index (χ1v) is 6.71. The molecule has 0 heterocycles. The topological polar surface area (TPSA) is 118 Å². The molecule has 0 fully saturated rings. The first-order valence-electron chi connectivity index (χ1n) is 6.71. The van der Waals surface area contributed by atoms with Crippen LogP contribution in [0.3, 0.4) is 0 Å². The van der Waals surface area contributed by atoms with E-state index in [1.807, 2.05) is 0 Å². The van der Waals surface area contributed by atoms with Gasteiger partial charge in [-0.2, -0.15) is 0 Å². The van der Waals surface area contributed by atoms with Crippen molar-refractivity contribution < 1.29 is 29.1 Å². The maximum Gasteiger partial charge on any atom is 0.318 e. The van der Waals surface area contributed by atoms with E-state index >= 15 is 0 Å². The van der Waals surface area contributed by atoms with E-state index in [1.165, 1.54) is 19.1 Å². The number of hydrogen-bond donors (Lipinski definition) is 2. The predicted molar refractivity (Wildman–Crippen MR) is 76.5 cm³/mol. The molecule has 2 rings (SSSR count). The van der Waals surface area contributed by atoms with Crippen molar-refractivity contribution in [2.75, 3.05) is 0 Å². The largest absolute Gasteiger partial charge is 0.481 e. The molecule has 23 heavy (non-hydrogen) atoms. The number of rotatable bonds is 4. The van der Waals surface area contributed by atoms with Crippen LogP contribution in [0.2, 0.25) is 0 Å². The maximum absolute atomic E-state index is 13.3. The Morgan fingerprint density at radius 1 is 1.30 bits per heavy atom. The molecule has 1 aromatic carbocycles. The number of hydrogen-bond acceptors (Lipinski definition) is 4. The van der Waals surface area contributed by atoms with E-state index in [4.69, 9.17) is 0 Å². The van der Waals surface area contributed by atoms with Crippen molar-refractivity contribution in [3.05, 3.63) is 51.8 Å². The Labute approximate surface area is 130 Å². The van der Waals surface area contributed by atoms with Gasteiger partial charge in [0.05, 0.1) is 22.0 Å². The minimum Gasteiger partial charge on any atom is -0.481 e. The molecular formula is C15H14FNO6. The smallest absolute Gasteiger partial charge is 0.318 e. The Hall–Kier alpha value is -2.77. The number of carbonyl (C=O) groups is 2. The summed E-state index contributed by atoms with van der Waals surface area (Å²) in [5.74, 6) is -3.49. The van der Waals surface area contributed by atoms with Crippen molar-refractivity contribution in [2.24, 2.45) is 5.41 Å². The molecule has 0 amide bonds. The molecule has 0 bridgehead atoms. The van der Waals surface area contributed by atoms with Crippen molar-refractivity contribution in [1.29, 1.82) is 0 Å². The zero-order valence-electron chi connectivity index (χ0n) is 12.2. The van der Waals surface area contributed by atoms with Crippen LogP contribution in [-0.2, 0) is 15.0 Å². The number of carboxylic acid groups (broad SMARTS) is 2. The second-order valence-corrected chi connectivity index (χ2v) is 5.84. The lowest BCUT2D eigenvalue weighted by atomic mass is 9.63. The first kappa shape index (κ1) is 16.6. The molecule has 2 N–H and O–H groups in total. The van der Waals surface area contributed by atoms with Crippen LogP contribution in [0.15, 0.2) is 30.4 Å². The van der Waals surface area contributed by atoms with E-state index < -0.39 is 39.2 Å². The highest BCUT2D eigenvalue weighted by Crippen LogP contribution is 2.47. The van der Waals surface area contributed by atoms with E-state index in [0.717, 1.165) is 12.1 Å². The molecule has 122 valence electrons. The molecule has 0 saturated heterocycles. The average Bonchev–Trinajstić information content (AvgIpc) is 2.46. The van der Waals surface area contributed by atoms with Gasteiger partial charge >= 0.3 is 11.9 Å². The van der Waals surface area contributed by atoms with Crippen LogP contribution < -0.4 is 0 Å². The molecule has 0 spiro atoms.